The summed E-state index contributed by atoms with van der Waals surface area (Å²) in [5.74, 6) is 9.92. The van der Waals surface area contributed by atoms with E-state index < -0.39 is 22.3 Å². The van der Waals surface area contributed by atoms with Crippen molar-refractivity contribution in [3.05, 3.63) is 0 Å². The molecule has 0 aliphatic heterocycles. The molecule has 0 fully saturated rings. The molecule has 0 aliphatic rings. The molecule has 0 rings (SSSR count). The molecule has 0 aromatic rings. The average molecular weight is 322 g/mol. The van der Waals surface area contributed by atoms with Crippen LogP contribution in [-0.2, 0) is 9.68 Å². The zero-order valence-electron chi connectivity index (χ0n) is 8.97. The Morgan fingerprint density at radius 3 is 2.38 bits per heavy atom. The molecule has 8 heteroatoms. The van der Waals surface area contributed by atoms with Crippen LogP contribution in [0.5, 0.6) is 0 Å². The molecule has 98 valence electrons. The number of hydrogen-bond acceptors (Lipinski definition) is 6. The molecule has 0 spiro atoms. The fourth-order valence-corrected chi connectivity index (χ4v) is 1.70. The van der Waals surface area contributed by atoms with E-state index >= 15 is 0 Å². The van der Waals surface area contributed by atoms with Crippen LogP contribution < -0.4 is 11.8 Å². The monoisotopic (exact) mass is 320 g/mol. The van der Waals surface area contributed by atoms with E-state index in [9.17, 15) is 10.2 Å². The molecule has 0 aliphatic carbocycles. The molecule has 4 unspecified atom stereocenters. The van der Waals surface area contributed by atoms with Crippen molar-refractivity contribution in [1.29, 1.82) is 0 Å². The number of nitrogens with two attached hydrogens (primary N) is 2. The van der Waals surface area contributed by atoms with Crippen LogP contribution in [0.2, 0.25) is 0 Å². The molecule has 16 heavy (non-hydrogen) atoms. The lowest BCUT2D eigenvalue weighted by molar-refractivity contribution is -0.0845. The van der Waals surface area contributed by atoms with Crippen LogP contribution >= 0.6 is 27.5 Å². The molecule has 0 saturated heterocycles. The first-order valence-electron chi connectivity index (χ1n) is 4.83. The summed E-state index contributed by atoms with van der Waals surface area (Å²) in [5.41, 5.74) is 0. The van der Waals surface area contributed by atoms with Crippen LogP contribution in [-0.4, -0.2) is 32.5 Å². The second-order valence-electron chi connectivity index (χ2n) is 3.42. The molecule has 0 aromatic carbocycles. The fourth-order valence-electron chi connectivity index (χ4n) is 1.18. The Balaban J connectivity index is 4.23. The Hall–Kier alpha value is 0.530. The highest BCUT2D eigenvalue weighted by atomic mass is 79.9. The second-order valence-corrected chi connectivity index (χ2v) is 4.96. The number of aliphatic hydroxyl groups excluding tert-OH is 2. The first-order chi connectivity index (χ1) is 7.41. The van der Waals surface area contributed by atoms with Gasteiger partial charge in [0.1, 0.15) is 0 Å². The van der Waals surface area contributed by atoms with Gasteiger partial charge in [0.2, 0.25) is 0 Å². The molecule has 0 aromatic heterocycles. The van der Waals surface area contributed by atoms with Crippen LogP contribution in [0.1, 0.15) is 26.2 Å². The number of alkyl halides is 2. The minimum atomic E-state index is -1.41. The lowest BCUT2D eigenvalue weighted by Crippen LogP contribution is -2.42. The molecule has 4 atom stereocenters. The van der Waals surface area contributed by atoms with Gasteiger partial charge in [-0.25, -0.2) is 11.8 Å². The quantitative estimate of drug-likeness (QED) is 0.379. The van der Waals surface area contributed by atoms with E-state index in [1.807, 2.05) is 0 Å². The minimum Gasteiger partial charge on any atom is -0.389 e. The molecule has 6 nitrogen and oxygen atoms in total. The highest BCUT2D eigenvalue weighted by molar-refractivity contribution is 9.09. The summed E-state index contributed by atoms with van der Waals surface area (Å²) >= 11 is 8.98. The van der Waals surface area contributed by atoms with Crippen LogP contribution in [0.4, 0.5) is 0 Å². The van der Waals surface area contributed by atoms with Gasteiger partial charge in [0, 0.05) is 0 Å². The molecule has 6 N–H and O–H groups in total. The number of hydrogen-bond donors (Lipinski definition) is 4. The lowest BCUT2D eigenvalue weighted by Gasteiger charge is -2.30. The molecular weight excluding hydrogens is 303 g/mol. The third-order valence-electron chi connectivity index (χ3n) is 2.29. The zero-order valence-corrected chi connectivity index (χ0v) is 11.3. The van der Waals surface area contributed by atoms with Crippen molar-refractivity contribution in [3.63, 3.8) is 0 Å². The van der Waals surface area contributed by atoms with E-state index in [2.05, 4.69) is 25.6 Å². The van der Waals surface area contributed by atoms with Gasteiger partial charge >= 0.3 is 0 Å². The van der Waals surface area contributed by atoms with Crippen LogP contribution in [0.25, 0.3) is 0 Å². The number of aliphatic hydroxyl groups is 2. The molecule has 0 amide bonds. The summed E-state index contributed by atoms with van der Waals surface area (Å²) in [4.78, 5) is 8.96. The van der Waals surface area contributed by atoms with Gasteiger partial charge in [0.15, 0.2) is 10.1 Å². The van der Waals surface area contributed by atoms with Crippen LogP contribution in [0.3, 0.4) is 0 Å². The van der Waals surface area contributed by atoms with Crippen LogP contribution in [0, 0.1) is 0 Å². The minimum absolute atomic E-state index is 0.159. The predicted molar refractivity (Wildman–Crippen MR) is 63.4 cm³/mol. The summed E-state index contributed by atoms with van der Waals surface area (Å²) in [5, 5.41) is 17.0. The van der Waals surface area contributed by atoms with Gasteiger partial charge < -0.3 is 10.2 Å². The summed E-state index contributed by atoms with van der Waals surface area (Å²) in [6, 6.07) is 0. The molecule has 0 radical (unpaired) electrons. The summed E-state index contributed by atoms with van der Waals surface area (Å²) < 4.78 is 0. The van der Waals surface area contributed by atoms with Gasteiger partial charge in [-0.3, -0.25) is 9.68 Å². The Morgan fingerprint density at radius 1 is 1.44 bits per heavy atom. The maximum Gasteiger partial charge on any atom is 0.187 e. The fraction of sp³-hybridized carbons (Fsp3) is 1.00. The van der Waals surface area contributed by atoms with E-state index in [0.29, 0.717) is 6.42 Å². The Bertz CT molecular complexity index is 203. The van der Waals surface area contributed by atoms with Crippen molar-refractivity contribution in [2.75, 3.05) is 0 Å². The van der Waals surface area contributed by atoms with Gasteiger partial charge in [0.05, 0.1) is 12.2 Å². The third kappa shape index (κ3) is 4.80. The third-order valence-corrected chi connectivity index (χ3v) is 3.65. The normalized spacial score (nSPS) is 21.2. The van der Waals surface area contributed by atoms with Gasteiger partial charge in [-0.2, -0.15) is 0 Å². The summed E-state index contributed by atoms with van der Waals surface area (Å²) in [6.45, 7) is 1.74. The van der Waals surface area contributed by atoms with E-state index in [1.54, 1.807) is 6.92 Å². The van der Waals surface area contributed by atoms with Crippen molar-refractivity contribution in [2.45, 2.75) is 48.5 Å². The number of rotatable bonds is 8. The van der Waals surface area contributed by atoms with Crippen molar-refractivity contribution in [1.82, 2.24) is 0 Å². The Morgan fingerprint density at radius 2 is 2.00 bits per heavy atom. The zero-order chi connectivity index (χ0) is 12.8. The second kappa shape index (κ2) is 7.78. The maximum absolute atomic E-state index is 9.60. The SMILES string of the molecule is CCC(O)C(Cl)(CCC(O)C(Br)ON)ON. The van der Waals surface area contributed by atoms with Crippen molar-refractivity contribution < 1.29 is 19.9 Å². The Labute approximate surface area is 108 Å². The average Bonchev–Trinajstić information content (AvgIpc) is 2.33. The van der Waals surface area contributed by atoms with E-state index in [4.69, 9.17) is 23.4 Å². The first kappa shape index (κ1) is 16.5. The topological polar surface area (TPSA) is 111 Å². The van der Waals surface area contributed by atoms with Gasteiger partial charge in [-0.1, -0.05) is 34.5 Å². The maximum atomic E-state index is 9.60. The highest BCUT2D eigenvalue weighted by Gasteiger charge is 2.36. The van der Waals surface area contributed by atoms with Gasteiger partial charge in [0.25, 0.3) is 0 Å². The summed E-state index contributed by atoms with van der Waals surface area (Å²) in [7, 11) is 0. The van der Waals surface area contributed by atoms with E-state index in [1.165, 1.54) is 0 Å². The molecule has 0 heterocycles. The van der Waals surface area contributed by atoms with Crippen molar-refractivity contribution >= 4 is 27.5 Å². The summed E-state index contributed by atoms with van der Waals surface area (Å²) in [6.07, 6.45) is -1.03. The van der Waals surface area contributed by atoms with Crippen molar-refractivity contribution in [3.8, 4) is 0 Å². The Kier molecular flexibility index (Phi) is 8.04. The standard InChI is InChI=1S/C8H18BrClN2O4/c1-2-6(14)8(10,16-12)4-3-5(13)7(9)15-11/h5-7,13-14H,2-4,11-12H2,1H3. The van der Waals surface area contributed by atoms with E-state index in [-0.39, 0.29) is 12.8 Å². The highest BCUT2D eigenvalue weighted by Crippen LogP contribution is 2.29. The first-order valence-corrected chi connectivity index (χ1v) is 6.13. The largest absolute Gasteiger partial charge is 0.389 e. The van der Waals surface area contributed by atoms with Gasteiger partial charge in [-0.15, -0.1) is 0 Å². The number of halogens is 2. The lowest BCUT2D eigenvalue weighted by atomic mass is 10.0. The molecule has 0 saturated carbocycles. The van der Waals surface area contributed by atoms with Gasteiger partial charge in [-0.05, 0) is 19.3 Å². The molecular formula is C8H18BrClN2O4. The predicted octanol–water partition coefficient (Wildman–Crippen LogP) is 0.335. The van der Waals surface area contributed by atoms with E-state index in [0.717, 1.165) is 0 Å². The molecule has 0 bridgehead atoms. The van der Waals surface area contributed by atoms with Crippen molar-refractivity contribution in [2.24, 2.45) is 11.8 Å². The smallest absolute Gasteiger partial charge is 0.187 e. The van der Waals surface area contributed by atoms with Crippen LogP contribution in [0.15, 0.2) is 0 Å².